The average molecular weight is 440 g/mol. The highest BCUT2D eigenvalue weighted by Crippen LogP contribution is 2.41. The maximum atomic E-state index is 12.2. The van der Waals surface area contributed by atoms with Crippen LogP contribution in [0.4, 0.5) is 0 Å². The third-order valence-electron chi connectivity index (χ3n) is 4.66. The second-order valence-corrected chi connectivity index (χ2v) is 8.10. The summed E-state index contributed by atoms with van der Waals surface area (Å²) in [6.07, 6.45) is 1.74. The number of nitrogens with one attached hydrogen (secondary N) is 1. The quantitative estimate of drug-likeness (QED) is 0.430. The summed E-state index contributed by atoms with van der Waals surface area (Å²) in [7, 11) is 0. The Morgan fingerprint density at radius 1 is 1.20 bits per heavy atom. The van der Waals surface area contributed by atoms with Crippen molar-refractivity contribution in [2.75, 3.05) is 13.2 Å². The number of hydrogen-bond donors (Lipinski definition) is 1. The zero-order valence-corrected chi connectivity index (χ0v) is 18.0. The second kappa shape index (κ2) is 9.32. The third kappa shape index (κ3) is 4.49. The predicted molar refractivity (Wildman–Crippen MR) is 118 cm³/mol. The van der Waals surface area contributed by atoms with E-state index in [1.165, 1.54) is 0 Å². The first-order chi connectivity index (χ1) is 14.7. The average Bonchev–Trinajstić information content (AvgIpc) is 3.34. The van der Waals surface area contributed by atoms with Crippen molar-refractivity contribution in [2.24, 2.45) is 0 Å². The minimum absolute atomic E-state index is 0.0372. The molecule has 1 fully saturated rings. The first-order valence-corrected chi connectivity index (χ1v) is 10.8. The van der Waals surface area contributed by atoms with Crippen molar-refractivity contribution in [3.05, 3.63) is 78.3 Å². The summed E-state index contributed by atoms with van der Waals surface area (Å²) in [5.74, 6) is 0.375. The molecule has 1 aliphatic heterocycles. The van der Waals surface area contributed by atoms with Gasteiger partial charge in [0.1, 0.15) is 18.3 Å². The lowest BCUT2D eigenvalue weighted by molar-refractivity contribution is -0.143. The van der Waals surface area contributed by atoms with E-state index in [4.69, 9.17) is 21.4 Å². The van der Waals surface area contributed by atoms with Crippen LogP contribution < -0.4 is 5.32 Å². The number of ether oxygens (including phenoxy) is 1. The van der Waals surface area contributed by atoms with Gasteiger partial charge in [0.2, 0.25) is 0 Å². The molecule has 2 unspecified atom stereocenters. The van der Waals surface area contributed by atoms with Crippen molar-refractivity contribution in [1.82, 2.24) is 15.2 Å². The Labute approximate surface area is 184 Å². The number of rotatable bonds is 7. The fourth-order valence-electron chi connectivity index (χ4n) is 3.38. The SMILES string of the molecule is CCOC(=O)CN1C(=S)NC(c2ccccn2)C1c1ccc(Sc2ccccc2)o1. The Bertz CT molecular complexity index is 1010. The highest BCUT2D eigenvalue weighted by Gasteiger charge is 2.42. The number of nitrogens with zero attached hydrogens (tertiary/aromatic N) is 2. The van der Waals surface area contributed by atoms with Gasteiger partial charge in [-0.05, 0) is 55.5 Å². The largest absolute Gasteiger partial charge is 0.465 e. The lowest BCUT2D eigenvalue weighted by Gasteiger charge is -2.25. The van der Waals surface area contributed by atoms with Crippen molar-refractivity contribution in [1.29, 1.82) is 0 Å². The van der Waals surface area contributed by atoms with Crippen molar-refractivity contribution in [3.63, 3.8) is 0 Å². The molecule has 8 heteroatoms. The maximum Gasteiger partial charge on any atom is 0.325 e. The number of carbonyl (C=O) groups excluding carboxylic acids is 1. The van der Waals surface area contributed by atoms with E-state index in [1.54, 1.807) is 24.9 Å². The summed E-state index contributed by atoms with van der Waals surface area (Å²) in [5, 5.41) is 4.53. The molecule has 3 aromatic rings. The van der Waals surface area contributed by atoms with E-state index in [0.29, 0.717) is 17.5 Å². The zero-order chi connectivity index (χ0) is 20.9. The molecule has 3 heterocycles. The predicted octanol–water partition coefficient (Wildman–Crippen LogP) is 4.36. The molecule has 0 bridgehead atoms. The van der Waals surface area contributed by atoms with E-state index >= 15 is 0 Å². The van der Waals surface area contributed by atoms with Gasteiger partial charge in [0.05, 0.1) is 18.3 Å². The molecule has 2 atom stereocenters. The molecule has 0 radical (unpaired) electrons. The zero-order valence-electron chi connectivity index (χ0n) is 16.4. The number of thiocarbonyl (C=S) groups is 1. The summed E-state index contributed by atoms with van der Waals surface area (Å²) in [4.78, 5) is 19.6. The molecule has 6 nitrogen and oxygen atoms in total. The molecule has 154 valence electrons. The molecule has 1 aromatic carbocycles. The first-order valence-electron chi connectivity index (χ1n) is 9.62. The number of furan rings is 1. The van der Waals surface area contributed by atoms with Crippen LogP contribution >= 0.6 is 24.0 Å². The molecule has 0 saturated carbocycles. The summed E-state index contributed by atoms with van der Waals surface area (Å²) >= 11 is 7.08. The highest BCUT2D eigenvalue weighted by atomic mass is 32.2. The van der Waals surface area contributed by atoms with Crippen LogP contribution in [0.3, 0.4) is 0 Å². The van der Waals surface area contributed by atoms with E-state index in [0.717, 1.165) is 15.7 Å². The Kier molecular flexibility index (Phi) is 6.35. The van der Waals surface area contributed by atoms with Gasteiger partial charge in [-0.2, -0.15) is 0 Å². The fraction of sp³-hybridized carbons (Fsp3) is 0.227. The molecule has 0 aliphatic carbocycles. The van der Waals surface area contributed by atoms with Crippen LogP contribution in [0.15, 0.2) is 81.3 Å². The van der Waals surface area contributed by atoms with Crippen molar-refractivity contribution in [2.45, 2.75) is 29.0 Å². The van der Waals surface area contributed by atoms with Gasteiger partial charge >= 0.3 is 5.97 Å². The maximum absolute atomic E-state index is 12.2. The van der Waals surface area contributed by atoms with E-state index in [9.17, 15) is 4.79 Å². The Hall–Kier alpha value is -2.84. The molecule has 0 spiro atoms. The Morgan fingerprint density at radius 2 is 2.00 bits per heavy atom. The smallest absolute Gasteiger partial charge is 0.325 e. The number of aromatic nitrogens is 1. The molecule has 1 N–H and O–H groups in total. The second-order valence-electron chi connectivity index (χ2n) is 6.63. The molecule has 1 saturated heterocycles. The fourth-order valence-corrected chi connectivity index (χ4v) is 4.49. The lowest BCUT2D eigenvalue weighted by atomic mass is 10.0. The number of benzene rings is 1. The lowest BCUT2D eigenvalue weighted by Crippen LogP contribution is -2.35. The van der Waals surface area contributed by atoms with Gasteiger partial charge in [-0.15, -0.1) is 0 Å². The van der Waals surface area contributed by atoms with Crippen molar-refractivity contribution >= 4 is 35.1 Å². The van der Waals surface area contributed by atoms with Gasteiger partial charge in [-0.25, -0.2) is 0 Å². The molecule has 2 aromatic heterocycles. The van der Waals surface area contributed by atoms with Gasteiger partial charge in [-0.3, -0.25) is 9.78 Å². The molecular weight excluding hydrogens is 418 g/mol. The molecular formula is C22H21N3O3S2. The molecule has 1 aliphatic rings. The van der Waals surface area contributed by atoms with Gasteiger partial charge in [-0.1, -0.05) is 36.0 Å². The Morgan fingerprint density at radius 3 is 2.73 bits per heavy atom. The van der Waals surface area contributed by atoms with Crippen LogP contribution in [-0.4, -0.2) is 34.1 Å². The minimum atomic E-state index is -0.334. The van der Waals surface area contributed by atoms with Gasteiger partial charge in [0, 0.05) is 11.1 Å². The highest BCUT2D eigenvalue weighted by molar-refractivity contribution is 7.99. The van der Waals surface area contributed by atoms with Crippen LogP contribution in [0.2, 0.25) is 0 Å². The van der Waals surface area contributed by atoms with E-state index in [2.05, 4.69) is 10.3 Å². The van der Waals surface area contributed by atoms with E-state index < -0.39 is 0 Å². The van der Waals surface area contributed by atoms with E-state index in [1.807, 2.05) is 65.6 Å². The molecule has 30 heavy (non-hydrogen) atoms. The number of esters is 1. The van der Waals surface area contributed by atoms with Crippen molar-refractivity contribution < 1.29 is 13.9 Å². The van der Waals surface area contributed by atoms with Crippen LogP contribution in [-0.2, 0) is 9.53 Å². The van der Waals surface area contributed by atoms with Crippen LogP contribution in [0.1, 0.15) is 30.5 Å². The summed E-state index contributed by atoms with van der Waals surface area (Å²) in [6.45, 7) is 2.14. The summed E-state index contributed by atoms with van der Waals surface area (Å²) in [6, 6.07) is 19.1. The third-order valence-corrected chi connectivity index (χ3v) is 5.94. The van der Waals surface area contributed by atoms with Crippen molar-refractivity contribution in [3.8, 4) is 0 Å². The topological polar surface area (TPSA) is 67.6 Å². The van der Waals surface area contributed by atoms with Gasteiger partial charge in [0.25, 0.3) is 0 Å². The van der Waals surface area contributed by atoms with Gasteiger partial charge < -0.3 is 19.4 Å². The Balaban J connectivity index is 1.64. The summed E-state index contributed by atoms with van der Waals surface area (Å²) in [5.41, 5.74) is 0.824. The van der Waals surface area contributed by atoms with Crippen LogP contribution in [0.5, 0.6) is 0 Å². The monoisotopic (exact) mass is 439 g/mol. The summed E-state index contributed by atoms with van der Waals surface area (Å²) < 4.78 is 11.3. The number of carbonyl (C=O) groups is 1. The van der Waals surface area contributed by atoms with E-state index in [-0.39, 0.29) is 24.6 Å². The standard InChI is InChI=1S/C22H21N3O3S2/c1-2-27-18(26)14-25-21(20(24-22(25)29)16-10-6-7-13-23-16)17-11-12-19(28-17)30-15-8-4-3-5-9-15/h3-13,20-21H,2,14H2,1H3,(H,24,29). The van der Waals surface area contributed by atoms with Crippen LogP contribution in [0.25, 0.3) is 0 Å². The molecule has 4 rings (SSSR count). The van der Waals surface area contributed by atoms with Gasteiger partial charge in [0.15, 0.2) is 10.2 Å². The number of hydrogen-bond acceptors (Lipinski definition) is 6. The first kappa shape index (κ1) is 20.4. The number of pyridine rings is 1. The molecule has 0 amide bonds. The van der Waals surface area contributed by atoms with Crippen LogP contribution in [0, 0.1) is 0 Å². The minimum Gasteiger partial charge on any atom is -0.465 e. The normalized spacial score (nSPS) is 18.3.